The molecular weight excluding hydrogens is 404 g/mol. The average Bonchev–Trinajstić information content (AvgIpc) is 3.48. The van der Waals surface area contributed by atoms with Gasteiger partial charge in [0.25, 0.3) is 0 Å². The van der Waals surface area contributed by atoms with Crippen LogP contribution in [0.3, 0.4) is 0 Å². The van der Waals surface area contributed by atoms with Crippen molar-refractivity contribution >= 4 is 11.6 Å². The number of hydrazone groups is 1. The summed E-state index contributed by atoms with van der Waals surface area (Å²) in [6.07, 6.45) is 7.60. The van der Waals surface area contributed by atoms with E-state index in [9.17, 15) is 9.90 Å². The third kappa shape index (κ3) is 4.16. The molecule has 5 rings (SSSR count). The van der Waals surface area contributed by atoms with Crippen molar-refractivity contribution in [1.29, 1.82) is 0 Å². The Hall–Kier alpha value is -3.45. The number of piperidine rings is 1. The highest BCUT2D eigenvalue weighted by molar-refractivity contribution is 6.04. The lowest BCUT2D eigenvalue weighted by Crippen LogP contribution is -2.29. The molecule has 32 heavy (non-hydrogen) atoms. The zero-order chi connectivity index (χ0) is 21.9. The summed E-state index contributed by atoms with van der Waals surface area (Å²) < 4.78 is 5.94. The van der Waals surface area contributed by atoms with Crippen LogP contribution in [0.1, 0.15) is 59.2 Å². The number of pyridine rings is 1. The SMILES string of the molecule is O=C(c1ccc(CN2CCCCC2)o1)N1N=C(c2cccnc2)CC1c1ccccc1O. The van der Waals surface area contributed by atoms with Crippen molar-refractivity contribution in [3.63, 3.8) is 0 Å². The summed E-state index contributed by atoms with van der Waals surface area (Å²) in [4.78, 5) is 20.0. The van der Waals surface area contributed by atoms with Gasteiger partial charge in [0.2, 0.25) is 0 Å². The third-order valence-electron chi connectivity index (χ3n) is 6.11. The van der Waals surface area contributed by atoms with Crippen LogP contribution < -0.4 is 0 Å². The number of aromatic hydroxyl groups is 1. The molecule has 4 heterocycles. The van der Waals surface area contributed by atoms with Crippen LogP contribution in [0.2, 0.25) is 0 Å². The Labute approximate surface area is 187 Å². The van der Waals surface area contributed by atoms with Crippen LogP contribution in [0.4, 0.5) is 0 Å². The Kier molecular flexibility index (Phi) is 5.73. The fourth-order valence-corrected chi connectivity index (χ4v) is 4.45. The van der Waals surface area contributed by atoms with Crippen molar-refractivity contribution in [2.24, 2.45) is 5.10 Å². The van der Waals surface area contributed by atoms with Crippen molar-refractivity contribution < 1.29 is 14.3 Å². The molecule has 0 spiro atoms. The Bertz CT molecular complexity index is 1120. The molecule has 164 valence electrons. The van der Waals surface area contributed by atoms with Gasteiger partial charge < -0.3 is 9.52 Å². The van der Waals surface area contributed by atoms with Gasteiger partial charge >= 0.3 is 5.91 Å². The third-order valence-corrected chi connectivity index (χ3v) is 6.11. The molecule has 3 aromatic rings. The lowest BCUT2D eigenvalue weighted by Gasteiger charge is -2.25. The summed E-state index contributed by atoms with van der Waals surface area (Å²) >= 11 is 0. The van der Waals surface area contributed by atoms with Gasteiger partial charge in [-0.05, 0) is 50.2 Å². The van der Waals surface area contributed by atoms with E-state index in [0.29, 0.717) is 18.5 Å². The summed E-state index contributed by atoms with van der Waals surface area (Å²) in [5.74, 6) is 0.865. The number of nitrogens with zero attached hydrogens (tertiary/aromatic N) is 4. The van der Waals surface area contributed by atoms with E-state index < -0.39 is 6.04 Å². The van der Waals surface area contributed by atoms with Gasteiger partial charge in [0.05, 0.1) is 18.3 Å². The van der Waals surface area contributed by atoms with Gasteiger partial charge in [0.1, 0.15) is 11.5 Å². The molecule has 0 radical (unpaired) electrons. The maximum Gasteiger partial charge on any atom is 0.310 e. The van der Waals surface area contributed by atoms with Crippen LogP contribution in [-0.4, -0.2) is 44.7 Å². The zero-order valence-corrected chi connectivity index (χ0v) is 17.9. The minimum atomic E-state index is -0.422. The maximum absolute atomic E-state index is 13.4. The average molecular weight is 431 g/mol. The molecule has 1 aromatic carbocycles. The number of amides is 1. The van der Waals surface area contributed by atoms with E-state index in [4.69, 9.17) is 4.42 Å². The van der Waals surface area contributed by atoms with Gasteiger partial charge in [0.15, 0.2) is 5.76 Å². The minimum absolute atomic E-state index is 0.142. The van der Waals surface area contributed by atoms with Crippen LogP contribution in [0.15, 0.2) is 70.4 Å². The summed E-state index contributed by atoms with van der Waals surface area (Å²) in [6.45, 7) is 2.83. The number of hydrogen-bond donors (Lipinski definition) is 1. The molecule has 7 nitrogen and oxygen atoms in total. The number of para-hydroxylation sites is 1. The fourth-order valence-electron chi connectivity index (χ4n) is 4.45. The number of phenolic OH excluding ortho intramolecular Hbond substituents is 1. The first-order valence-corrected chi connectivity index (χ1v) is 11.1. The first kappa shape index (κ1) is 20.5. The Balaban J connectivity index is 1.42. The van der Waals surface area contributed by atoms with E-state index in [1.165, 1.54) is 24.3 Å². The quantitative estimate of drug-likeness (QED) is 0.650. The van der Waals surface area contributed by atoms with Crippen LogP contribution in [0.25, 0.3) is 0 Å². The second kappa shape index (κ2) is 8.96. The van der Waals surface area contributed by atoms with Crippen LogP contribution >= 0.6 is 0 Å². The molecule has 1 saturated heterocycles. The van der Waals surface area contributed by atoms with Crippen molar-refractivity contribution in [2.45, 2.75) is 38.3 Å². The topological polar surface area (TPSA) is 82.2 Å². The highest BCUT2D eigenvalue weighted by Crippen LogP contribution is 2.37. The van der Waals surface area contributed by atoms with Gasteiger partial charge in [0, 0.05) is 29.9 Å². The second-order valence-corrected chi connectivity index (χ2v) is 8.32. The number of aromatic nitrogens is 1. The van der Waals surface area contributed by atoms with E-state index in [1.807, 2.05) is 30.3 Å². The van der Waals surface area contributed by atoms with E-state index in [-0.39, 0.29) is 17.4 Å². The van der Waals surface area contributed by atoms with E-state index >= 15 is 0 Å². The highest BCUT2D eigenvalue weighted by Gasteiger charge is 2.36. The zero-order valence-electron chi connectivity index (χ0n) is 17.9. The first-order chi connectivity index (χ1) is 15.7. The number of phenols is 1. The molecule has 2 aliphatic rings. The van der Waals surface area contributed by atoms with Gasteiger partial charge in [-0.2, -0.15) is 5.10 Å². The van der Waals surface area contributed by atoms with E-state index in [1.54, 1.807) is 30.6 Å². The molecule has 1 atom stereocenters. The van der Waals surface area contributed by atoms with Crippen molar-refractivity contribution in [3.05, 3.63) is 83.6 Å². The standard InChI is InChI=1S/C25H26N4O3/c30-23-9-3-2-8-20(23)22-15-21(18-7-6-12-26-16-18)27-29(22)25(31)24-11-10-19(32-24)17-28-13-4-1-5-14-28/h2-3,6-12,16,22,30H,1,4-5,13-15,17H2. The monoisotopic (exact) mass is 430 g/mol. The molecule has 0 saturated carbocycles. The number of likely N-dealkylation sites (tertiary alicyclic amines) is 1. The van der Waals surface area contributed by atoms with Gasteiger partial charge in [-0.25, -0.2) is 5.01 Å². The smallest absolute Gasteiger partial charge is 0.310 e. The Morgan fingerprint density at radius 1 is 1.06 bits per heavy atom. The summed E-state index contributed by atoms with van der Waals surface area (Å²) in [6, 6.07) is 14.0. The molecule has 1 amide bonds. The maximum atomic E-state index is 13.4. The fraction of sp³-hybridized carbons (Fsp3) is 0.320. The summed E-state index contributed by atoms with van der Waals surface area (Å²) in [5, 5.41) is 16.5. The largest absolute Gasteiger partial charge is 0.508 e. The lowest BCUT2D eigenvalue weighted by molar-refractivity contribution is 0.0672. The first-order valence-electron chi connectivity index (χ1n) is 11.1. The number of rotatable bonds is 5. The minimum Gasteiger partial charge on any atom is -0.508 e. The Morgan fingerprint density at radius 2 is 1.91 bits per heavy atom. The van der Waals surface area contributed by atoms with Gasteiger partial charge in [-0.3, -0.25) is 14.7 Å². The van der Waals surface area contributed by atoms with Gasteiger partial charge in [-0.15, -0.1) is 0 Å². The second-order valence-electron chi connectivity index (χ2n) is 8.32. The molecule has 1 unspecified atom stereocenters. The van der Waals surface area contributed by atoms with E-state index in [2.05, 4.69) is 15.0 Å². The molecule has 0 bridgehead atoms. The number of hydrogen-bond acceptors (Lipinski definition) is 6. The molecule has 1 N–H and O–H groups in total. The molecule has 2 aromatic heterocycles. The molecule has 0 aliphatic carbocycles. The van der Waals surface area contributed by atoms with Crippen molar-refractivity contribution in [1.82, 2.24) is 14.9 Å². The van der Waals surface area contributed by atoms with Crippen molar-refractivity contribution in [2.75, 3.05) is 13.1 Å². The number of furan rings is 1. The number of carbonyl (C=O) groups excluding carboxylic acids is 1. The van der Waals surface area contributed by atoms with E-state index in [0.717, 1.165) is 30.1 Å². The molecule has 2 aliphatic heterocycles. The lowest BCUT2D eigenvalue weighted by atomic mass is 9.98. The van der Waals surface area contributed by atoms with Gasteiger partial charge in [-0.1, -0.05) is 30.7 Å². The summed E-state index contributed by atoms with van der Waals surface area (Å²) in [7, 11) is 0. The van der Waals surface area contributed by atoms with Crippen molar-refractivity contribution in [3.8, 4) is 5.75 Å². The molecule has 1 fully saturated rings. The predicted molar refractivity (Wildman–Crippen MR) is 120 cm³/mol. The molecule has 7 heteroatoms. The highest BCUT2D eigenvalue weighted by atomic mass is 16.4. The Morgan fingerprint density at radius 3 is 2.69 bits per heavy atom. The summed E-state index contributed by atoms with van der Waals surface area (Å²) in [5.41, 5.74) is 2.26. The number of carbonyl (C=O) groups is 1. The van der Waals surface area contributed by atoms with Crippen LogP contribution in [-0.2, 0) is 6.54 Å². The van der Waals surface area contributed by atoms with Crippen LogP contribution in [0, 0.1) is 0 Å². The number of benzene rings is 1. The normalized spacial score (nSPS) is 19.2. The predicted octanol–water partition coefficient (Wildman–Crippen LogP) is 4.36. The molecular formula is C25H26N4O3. The van der Waals surface area contributed by atoms with Crippen LogP contribution in [0.5, 0.6) is 5.75 Å².